The number of thioether (sulfide) groups is 1. The molecule has 2 nitrogen and oxygen atoms in total. The third-order valence-corrected chi connectivity index (χ3v) is 5.77. The van der Waals surface area contributed by atoms with E-state index in [0.29, 0.717) is 6.42 Å². The van der Waals surface area contributed by atoms with Gasteiger partial charge in [-0.3, -0.25) is 4.79 Å². The Morgan fingerprint density at radius 3 is 2.90 bits per heavy atom. The molecule has 1 aromatic rings. The Morgan fingerprint density at radius 2 is 2.10 bits per heavy atom. The summed E-state index contributed by atoms with van der Waals surface area (Å²) in [5.74, 6) is 0.645. The van der Waals surface area contributed by atoms with Crippen LogP contribution in [0.4, 0.5) is 4.39 Å². The lowest BCUT2D eigenvalue weighted by molar-refractivity contribution is -0.115. The van der Waals surface area contributed by atoms with Crippen LogP contribution in [-0.4, -0.2) is 11.5 Å². The topological polar surface area (TPSA) is 29.1 Å². The average molecular weight is 322 g/mol. The molecule has 1 unspecified atom stereocenters. The van der Waals surface area contributed by atoms with Crippen LogP contribution in [0.1, 0.15) is 30.7 Å². The minimum Gasteiger partial charge on any atom is -0.361 e. The molecule has 2 heterocycles. The van der Waals surface area contributed by atoms with E-state index in [4.69, 9.17) is 11.6 Å². The van der Waals surface area contributed by atoms with E-state index in [1.165, 1.54) is 16.7 Å². The molecule has 0 spiro atoms. The van der Waals surface area contributed by atoms with Crippen LogP contribution in [-0.2, 0) is 4.79 Å². The number of carbonyl (C=O) groups is 1. The van der Waals surface area contributed by atoms with Gasteiger partial charge >= 0.3 is 0 Å². The van der Waals surface area contributed by atoms with Gasteiger partial charge in [0.1, 0.15) is 5.82 Å². The Morgan fingerprint density at radius 1 is 1.24 bits per heavy atom. The van der Waals surface area contributed by atoms with Gasteiger partial charge in [-0.05, 0) is 30.5 Å². The number of Topliss-reactive ketones (excluding diaryl/α,β-unsaturated/α-hetero) is 1. The molecular formula is C16H13ClFNOS. The number of ketones is 1. The molecule has 0 amide bonds. The van der Waals surface area contributed by atoms with Gasteiger partial charge in [-0.15, -0.1) is 11.8 Å². The molecule has 21 heavy (non-hydrogen) atoms. The highest BCUT2D eigenvalue weighted by atomic mass is 35.5. The summed E-state index contributed by atoms with van der Waals surface area (Å²) in [5.41, 5.74) is 3.88. The van der Waals surface area contributed by atoms with Crippen molar-refractivity contribution in [2.24, 2.45) is 0 Å². The van der Waals surface area contributed by atoms with Gasteiger partial charge in [-0.1, -0.05) is 17.7 Å². The number of benzene rings is 1. The lowest BCUT2D eigenvalue weighted by Crippen LogP contribution is -2.23. The highest BCUT2D eigenvalue weighted by Gasteiger charge is 2.39. The SMILES string of the molecule is O=C1CCC2=C1C(c1ccc(Cl)c(F)c1)C1=C(CCS1)N2. The Balaban J connectivity index is 1.87. The molecule has 108 valence electrons. The van der Waals surface area contributed by atoms with Crippen LogP contribution in [0.2, 0.25) is 5.02 Å². The number of allylic oxidation sites excluding steroid dienone is 4. The standard InChI is InChI=1S/C16H13ClFNOS/c17-9-2-1-8(7-10(9)18)14-15-11(3-4-13(15)20)19-12-5-6-21-16(12)14/h1-2,7,14,19H,3-6H2. The Bertz CT molecular complexity index is 725. The molecule has 1 aromatic carbocycles. The molecule has 2 aliphatic heterocycles. The van der Waals surface area contributed by atoms with Crippen molar-refractivity contribution in [1.29, 1.82) is 0 Å². The monoisotopic (exact) mass is 321 g/mol. The van der Waals surface area contributed by atoms with Crippen molar-refractivity contribution in [3.05, 3.63) is 56.5 Å². The van der Waals surface area contributed by atoms with E-state index in [2.05, 4.69) is 5.32 Å². The molecule has 0 bridgehead atoms. The number of carbonyl (C=O) groups excluding carboxylic acids is 1. The maximum Gasteiger partial charge on any atom is 0.161 e. The van der Waals surface area contributed by atoms with Gasteiger partial charge < -0.3 is 5.32 Å². The van der Waals surface area contributed by atoms with Gasteiger partial charge in [-0.25, -0.2) is 4.39 Å². The van der Waals surface area contributed by atoms with Crippen LogP contribution >= 0.6 is 23.4 Å². The summed E-state index contributed by atoms with van der Waals surface area (Å²) >= 11 is 7.55. The molecule has 0 fully saturated rings. The summed E-state index contributed by atoms with van der Waals surface area (Å²) < 4.78 is 13.8. The fourth-order valence-corrected chi connectivity index (χ4v) is 4.71. The van der Waals surface area contributed by atoms with Crippen LogP contribution in [0.5, 0.6) is 0 Å². The Kier molecular flexibility index (Phi) is 3.12. The zero-order chi connectivity index (χ0) is 14.6. The van der Waals surface area contributed by atoms with Crippen LogP contribution in [0.15, 0.2) is 40.1 Å². The molecule has 1 atom stereocenters. The average Bonchev–Trinajstić information content (AvgIpc) is 3.07. The zero-order valence-electron chi connectivity index (χ0n) is 11.2. The third-order valence-electron chi connectivity index (χ3n) is 4.26. The fourth-order valence-electron chi connectivity index (χ4n) is 3.32. The highest BCUT2D eigenvalue weighted by molar-refractivity contribution is 8.03. The third kappa shape index (κ3) is 2.04. The van der Waals surface area contributed by atoms with E-state index in [-0.39, 0.29) is 16.7 Å². The molecule has 1 aliphatic carbocycles. The second kappa shape index (κ2) is 4.89. The number of hydrogen-bond acceptors (Lipinski definition) is 3. The summed E-state index contributed by atoms with van der Waals surface area (Å²) in [6, 6.07) is 4.88. The number of dihydropyridines is 1. The van der Waals surface area contributed by atoms with E-state index in [1.54, 1.807) is 17.8 Å². The van der Waals surface area contributed by atoms with Crippen molar-refractivity contribution < 1.29 is 9.18 Å². The number of hydrogen-bond donors (Lipinski definition) is 1. The molecule has 1 N–H and O–H groups in total. The van der Waals surface area contributed by atoms with Crippen molar-refractivity contribution in [1.82, 2.24) is 5.32 Å². The second-order valence-electron chi connectivity index (χ2n) is 5.49. The molecule has 4 rings (SSSR count). The quantitative estimate of drug-likeness (QED) is 0.843. The zero-order valence-corrected chi connectivity index (χ0v) is 12.8. The van der Waals surface area contributed by atoms with Crippen LogP contribution in [0, 0.1) is 5.82 Å². The van der Waals surface area contributed by atoms with Crippen LogP contribution in [0.3, 0.4) is 0 Å². The predicted octanol–water partition coefficient (Wildman–Crippen LogP) is 4.13. The van der Waals surface area contributed by atoms with Gasteiger partial charge in [0.15, 0.2) is 5.78 Å². The maximum atomic E-state index is 13.8. The summed E-state index contributed by atoms with van der Waals surface area (Å²) in [6.07, 6.45) is 2.30. The minimum atomic E-state index is -0.426. The van der Waals surface area contributed by atoms with E-state index in [0.717, 1.165) is 35.4 Å². The largest absolute Gasteiger partial charge is 0.361 e. The van der Waals surface area contributed by atoms with Crippen molar-refractivity contribution in [2.45, 2.75) is 25.2 Å². The van der Waals surface area contributed by atoms with Crippen molar-refractivity contribution in [2.75, 3.05) is 5.75 Å². The first kappa shape index (κ1) is 13.4. The van der Waals surface area contributed by atoms with Crippen molar-refractivity contribution >= 4 is 29.1 Å². The molecular weight excluding hydrogens is 309 g/mol. The fraction of sp³-hybridized carbons (Fsp3) is 0.312. The molecule has 0 saturated carbocycles. The van der Waals surface area contributed by atoms with E-state index in [9.17, 15) is 9.18 Å². The molecule has 5 heteroatoms. The van der Waals surface area contributed by atoms with Crippen LogP contribution < -0.4 is 5.32 Å². The smallest absolute Gasteiger partial charge is 0.161 e. The second-order valence-corrected chi connectivity index (χ2v) is 7.03. The maximum absolute atomic E-state index is 13.8. The van der Waals surface area contributed by atoms with Crippen molar-refractivity contribution in [3.8, 4) is 0 Å². The summed E-state index contributed by atoms with van der Waals surface area (Å²) in [5, 5.41) is 3.55. The van der Waals surface area contributed by atoms with Gasteiger partial charge in [0, 0.05) is 40.0 Å². The molecule has 3 aliphatic rings. The van der Waals surface area contributed by atoms with E-state index in [1.807, 2.05) is 6.07 Å². The van der Waals surface area contributed by atoms with E-state index >= 15 is 0 Å². The van der Waals surface area contributed by atoms with Crippen LogP contribution in [0.25, 0.3) is 0 Å². The van der Waals surface area contributed by atoms with Crippen molar-refractivity contribution in [3.63, 3.8) is 0 Å². The molecule has 0 radical (unpaired) electrons. The lowest BCUT2D eigenvalue weighted by Gasteiger charge is -2.27. The first-order valence-electron chi connectivity index (χ1n) is 6.99. The lowest BCUT2D eigenvalue weighted by atomic mass is 9.86. The first-order chi connectivity index (χ1) is 10.1. The Hall–Kier alpha value is -1.26. The summed E-state index contributed by atoms with van der Waals surface area (Å²) in [4.78, 5) is 13.5. The Labute approximate surface area is 131 Å². The summed E-state index contributed by atoms with van der Waals surface area (Å²) in [6.45, 7) is 0. The highest BCUT2D eigenvalue weighted by Crippen LogP contribution is 2.50. The van der Waals surface area contributed by atoms with Gasteiger partial charge in [0.05, 0.1) is 5.02 Å². The predicted molar refractivity (Wildman–Crippen MR) is 82.7 cm³/mol. The number of nitrogens with one attached hydrogen (secondary N) is 1. The summed E-state index contributed by atoms with van der Waals surface area (Å²) in [7, 11) is 0. The number of halogens is 2. The van der Waals surface area contributed by atoms with Gasteiger partial charge in [0.2, 0.25) is 0 Å². The normalized spacial score (nSPS) is 24.3. The van der Waals surface area contributed by atoms with Gasteiger partial charge in [0.25, 0.3) is 0 Å². The number of rotatable bonds is 1. The first-order valence-corrected chi connectivity index (χ1v) is 8.35. The molecule has 0 aromatic heterocycles. The van der Waals surface area contributed by atoms with Gasteiger partial charge in [-0.2, -0.15) is 0 Å². The van der Waals surface area contributed by atoms with E-state index < -0.39 is 5.82 Å². The molecule has 0 saturated heterocycles. The minimum absolute atomic E-state index is 0.118.